The average Bonchev–Trinajstić information content (AvgIpc) is 3.38. The van der Waals surface area contributed by atoms with Crippen molar-refractivity contribution in [1.29, 1.82) is 0 Å². The van der Waals surface area contributed by atoms with Gasteiger partial charge in [0.1, 0.15) is 5.60 Å². The van der Waals surface area contributed by atoms with Crippen LogP contribution in [0.4, 0.5) is 31.1 Å². The van der Waals surface area contributed by atoms with Crippen LogP contribution in [0.2, 0.25) is 0 Å². The molecule has 3 atom stereocenters. The van der Waals surface area contributed by atoms with E-state index in [2.05, 4.69) is 10.4 Å². The smallest absolute Gasteiger partial charge is 0.435 e. The molecule has 2 aromatic carbocycles. The highest BCUT2D eigenvalue weighted by atomic mass is 19.4. The number of amides is 1. The van der Waals surface area contributed by atoms with E-state index >= 15 is 0 Å². The highest BCUT2D eigenvalue weighted by Crippen LogP contribution is 2.58. The Morgan fingerprint density at radius 2 is 1.72 bits per heavy atom. The third-order valence-electron chi connectivity index (χ3n) is 9.30. The SMILES string of the molecule is CC(C)(C)OC(=O)NC1(Cn2nc(C(F)(F)F)cc2C2CC(C)(C3C(c4cccc(C(F)(F)F)c4)=Cc4ccccc43)CCO2)CC1. The molecular formula is C35H37F6N3O3. The number of benzene rings is 2. The fourth-order valence-electron chi connectivity index (χ4n) is 6.91. The van der Waals surface area contributed by atoms with E-state index in [1.165, 1.54) is 10.7 Å². The van der Waals surface area contributed by atoms with E-state index in [0.717, 1.165) is 34.9 Å². The summed E-state index contributed by atoms with van der Waals surface area (Å²) in [4.78, 5) is 12.6. The second-order valence-corrected chi connectivity index (χ2v) is 14.2. The van der Waals surface area contributed by atoms with Crippen LogP contribution >= 0.6 is 0 Å². The van der Waals surface area contributed by atoms with Gasteiger partial charge < -0.3 is 14.8 Å². The Hall–Kier alpha value is -3.80. The number of carbonyl (C=O) groups is 1. The molecular weight excluding hydrogens is 624 g/mol. The number of nitrogens with zero attached hydrogens (tertiary/aromatic N) is 2. The second-order valence-electron chi connectivity index (χ2n) is 14.2. The normalized spacial score (nSPS) is 24.0. The first-order valence-electron chi connectivity index (χ1n) is 15.6. The number of aromatic nitrogens is 2. The molecule has 2 aliphatic carbocycles. The van der Waals surface area contributed by atoms with Crippen LogP contribution in [0.3, 0.4) is 0 Å². The van der Waals surface area contributed by atoms with Gasteiger partial charge in [0, 0.05) is 12.5 Å². The minimum Gasteiger partial charge on any atom is -0.444 e. The van der Waals surface area contributed by atoms with Crippen molar-refractivity contribution in [2.75, 3.05) is 6.61 Å². The molecule has 1 amide bonds. The summed E-state index contributed by atoms with van der Waals surface area (Å²) >= 11 is 0. The predicted molar refractivity (Wildman–Crippen MR) is 163 cm³/mol. The number of ether oxygens (including phenoxy) is 2. The Labute approximate surface area is 269 Å². The summed E-state index contributed by atoms with van der Waals surface area (Å²) in [7, 11) is 0. The van der Waals surface area contributed by atoms with Crippen molar-refractivity contribution in [3.63, 3.8) is 0 Å². The first-order valence-corrected chi connectivity index (χ1v) is 15.6. The topological polar surface area (TPSA) is 65.4 Å². The fraction of sp³-hybridized carbons (Fsp3) is 0.486. The lowest BCUT2D eigenvalue weighted by molar-refractivity contribution is -0.141. The van der Waals surface area contributed by atoms with Crippen molar-refractivity contribution in [3.8, 4) is 0 Å². The molecule has 252 valence electrons. The lowest BCUT2D eigenvalue weighted by atomic mass is 9.64. The predicted octanol–water partition coefficient (Wildman–Crippen LogP) is 9.17. The third-order valence-corrected chi connectivity index (χ3v) is 9.30. The first kappa shape index (κ1) is 33.1. The van der Waals surface area contributed by atoms with Crippen molar-refractivity contribution >= 4 is 17.7 Å². The molecule has 1 N–H and O–H groups in total. The zero-order chi connectivity index (χ0) is 34.0. The van der Waals surface area contributed by atoms with Gasteiger partial charge >= 0.3 is 18.4 Å². The van der Waals surface area contributed by atoms with E-state index in [4.69, 9.17) is 9.47 Å². The number of carbonyl (C=O) groups excluding carboxylic acids is 1. The van der Waals surface area contributed by atoms with Crippen LogP contribution in [0.25, 0.3) is 11.6 Å². The summed E-state index contributed by atoms with van der Waals surface area (Å²) in [6, 6.07) is 13.9. The highest BCUT2D eigenvalue weighted by Gasteiger charge is 2.49. The molecule has 2 heterocycles. The lowest BCUT2D eigenvalue weighted by Crippen LogP contribution is -2.43. The van der Waals surface area contributed by atoms with Gasteiger partial charge in [0.25, 0.3) is 0 Å². The van der Waals surface area contributed by atoms with Gasteiger partial charge in [-0.2, -0.15) is 31.4 Å². The van der Waals surface area contributed by atoms with E-state index in [1.807, 2.05) is 37.3 Å². The molecule has 0 radical (unpaired) electrons. The zero-order valence-electron chi connectivity index (χ0n) is 26.6. The quantitative estimate of drug-likeness (QED) is 0.268. The van der Waals surface area contributed by atoms with E-state index < -0.39 is 52.4 Å². The maximum Gasteiger partial charge on any atom is 0.435 e. The summed E-state index contributed by atoms with van der Waals surface area (Å²) in [5, 5.41) is 6.77. The molecule has 1 aromatic heterocycles. The number of hydrogen-bond donors (Lipinski definition) is 1. The number of alkyl halides is 6. The van der Waals surface area contributed by atoms with Crippen molar-refractivity contribution in [1.82, 2.24) is 15.1 Å². The number of fused-ring (bicyclic) bond motifs is 1. The molecule has 47 heavy (non-hydrogen) atoms. The number of halogens is 6. The van der Waals surface area contributed by atoms with Crippen LogP contribution in [-0.2, 0) is 28.4 Å². The summed E-state index contributed by atoms with van der Waals surface area (Å²) in [5.74, 6) is -0.337. The van der Waals surface area contributed by atoms with Crippen molar-refractivity contribution < 1.29 is 40.6 Å². The van der Waals surface area contributed by atoms with E-state index in [-0.39, 0.29) is 31.2 Å². The molecule has 6 nitrogen and oxygen atoms in total. The van der Waals surface area contributed by atoms with Gasteiger partial charge in [-0.05, 0) is 92.3 Å². The second kappa shape index (κ2) is 11.4. The Kier molecular flexibility index (Phi) is 8.05. The van der Waals surface area contributed by atoms with Crippen LogP contribution in [0.1, 0.15) is 99.0 Å². The van der Waals surface area contributed by atoms with Crippen molar-refractivity contribution in [2.45, 2.75) is 95.4 Å². The van der Waals surface area contributed by atoms with Gasteiger partial charge in [0.05, 0.1) is 29.4 Å². The lowest BCUT2D eigenvalue weighted by Gasteiger charge is -2.44. The van der Waals surface area contributed by atoms with E-state index in [9.17, 15) is 31.1 Å². The molecule has 2 fully saturated rings. The monoisotopic (exact) mass is 661 g/mol. The summed E-state index contributed by atoms with van der Waals surface area (Å²) in [6.45, 7) is 7.41. The molecule has 1 saturated carbocycles. The summed E-state index contributed by atoms with van der Waals surface area (Å²) in [6.07, 6.45) is -6.86. The number of rotatable bonds is 6. The average molecular weight is 662 g/mol. The van der Waals surface area contributed by atoms with Gasteiger partial charge in [0.15, 0.2) is 5.69 Å². The van der Waals surface area contributed by atoms with E-state index in [1.54, 1.807) is 26.8 Å². The Balaban J connectivity index is 1.34. The number of hydrogen-bond acceptors (Lipinski definition) is 4. The van der Waals surface area contributed by atoms with Crippen molar-refractivity contribution in [3.05, 3.63) is 88.2 Å². The minimum atomic E-state index is -4.71. The third kappa shape index (κ3) is 6.93. The molecule has 3 unspecified atom stereocenters. The fourth-order valence-corrected chi connectivity index (χ4v) is 6.91. The molecule has 1 saturated heterocycles. The Morgan fingerprint density at radius 1 is 1.00 bits per heavy atom. The molecule has 0 bridgehead atoms. The maximum atomic E-state index is 14.0. The molecule has 12 heteroatoms. The van der Waals surface area contributed by atoms with Crippen LogP contribution in [0.5, 0.6) is 0 Å². The number of alkyl carbamates (subject to hydrolysis) is 1. The van der Waals surface area contributed by atoms with Gasteiger partial charge in [-0.15, -0.1) is 0 Å². The minimum absolute atomic E-state index is 0.00409. The molecule has 3 aliphatic rings. The van der Waals surface area contributed by atoms with Crippen LogP contribution in [0, 0.1) is 5.41 Å². The van der Waals surface area contributed by atoms with Gasteiger partial charge in [-0.25, -0.2) is 4.79 Å². The summed E-state index contributed by atoms with van der Waals surface area (Å²) in [5.41, 5.74) is -0.735. The molecule has 3 aromatic rings. The van der Waals surface area contributed by atoms with Crippen molar-refractivity contribution in [2.24, 2.45) is 5.41 Å². The first-order chi connectivity index (χ1) is 21.9. The number of nitrogens with one attached hydrogen (secondary N) is 1. The largest absolute Gasteiger partial charge is 0.444 e. The van der Waals surface area contributed by atoms with Gasteiger partial charge in [0.2, 0.25) is 0 Å². The molecule has 0 spiro atoms. The number of allylic oxidation sites excluding steroid dienone is 1. The maximum absolute atomic E-state index is 14.0. The molecule has 1 aliphatic heterocycles. The van der Waals surface area contributed by atoms with Crippen LogP contribution < -0.4 is 5.32 Å². The van der Waals surface area contributed by atoms with E-state index in [0.29, 0.717) is 24.8 Å². The van der Waals surface area contributed by atoms with Crippen LogP contribution in [-0.4, -0.2) is 33.6 Å². The van der Waals surface area contributed by atoms with Gasteiger partial charge in [-0.1, -0.05) is 49.4 Å². The standard InChI is InChI=1S/C35H37F6N3O3/c1-31(2,3)47-30(45)42-33(12-13-33)20-44-26(18-28(43-44)35(39,40)41)27-19-32(4,14-15-46-27)29-24-11-6-5-8-22(24)17-25(29)21-9-7-10-23(16-21)34(36,37)38/h5-11,16-18,27,29H,12-15,19-20H2,1-4H3,(H,42,45). The van der Waals surface area contributed by atoms with Gasteiger partial charge in [-0.3, -0.25) is 4.68 Å². The highest BCUT2D eigenvalue weighted by molar-refractivity contribution is 5.92. The zero-order valence-corrected chi connectivity index (χ0v) is 26.6. The van der Waals surface area contributed by atoms with Crippen LogP contribution in [0.15, 0.2) is 54.6 Å². The Morgan fingerprint density at radius 3 is 2.38 bits per heavy atom. The Bertz CT molecular complexity index is 1700. The summed E-state index contributed by atoms with van der Waals surface area (Å²) < 4.78 is 96.0. The molecule has 6 rings (SSSR count).